The van der Waals surface area contributed by atoms with Gasteiger partial charge in [-0.2, -0.15) is 5.10 Å². The van der Waals surface area contributed by atoms with Crippen molar-refractivity contribution < 1.29 is 14.3 Å². The Morgan fingerprint density at radius 2 is 2.00 bits per heavy atom. The van der Waals surface area contributed by atoms with Crippen molar-refractivity contribution in [2.24, 2.45) is 7.05 Å². The molecule has 1 aliphatic rings. The first kappa shape index (κ1) is 12.5. The van der Waals surface area contributed by atoms with Gasteiger partial charge in [0.15, 0.2) is 17.2 Å². The van der Waals surface area contributed by atoms with Crippen molar-refractivity contribution in [3.63, 3.8) is 0 Å². The van der Waals surface area contributed by atoms with Gasteiger partial charge in [-0.25, -0.2) is 0 Å². The molecule has 1 amide bonds. The molecule has 0 unspecified atom stereocenters. The molecule has 1 N–H and O–H groups in total. The Labute approximate surface area is 116 Å². The molecule has 0 bridgehead atoms. The van der Waals surface area contributed by atoms with Crippen LogP contribution in [-0.4, -0.2) is 28.9 Å². The smallest absolute Gasteiger partial charge is 0.276 e. The topological polar surface area (TPSA) is 65.4 Å². The molecule has 6 heteroatoms. The number of rotatable bonds is 2. The zero-order chi connectivity index (χ0) is 14.1. The number of anilines is 1. The fourth-order valence-corrected chi connectivity index (χ4v) is 1.99. The maximum absolute atomic E-state index is 12.1. The largest absolute Gasteiger partial charge is 0.486 e. The summed E-state index contributed by atoms with van der Waals surface area (Å²) in [6, 6.07) is 7.06. The molecule has 1 aromatic heterocycles. The number of benzene rings is 1. The van der Waals surface area contributed by atoms with Gasteiger partial charge in [-0.3, -0.25) is 9.48 Å². The van der Waals surface area contributed by atoms with Crippen LogP contribution in [0.5, 0.6) is 11.5 Å². The number of nitrogens with one attached hydrogen (secondary N) is 1. The van der Waals surface area contributed by atoms with Gasteiger partial charge in [-0.1, -0.05) is 0 Å². The average Bonchev–Trinajstić information content (AvgIpc) is 2.79. The van der Waals surface area contributed by atoms with Gasteiger partial charge in [0.2, 0.25) is 0 Å². The quantitative estimate of drug-likeness (QED) is 0.905. The van der Waals surface area contributed by atoms with Gasteiger partial charge in [0.25, 0.3) is 5.91 Å². The third-order valence-corrected chi connectivity index (χ3v) is 3.15. The van der Waals surface area contributed by atoms with Gasteiger partial charge in [-0.05, 0) is 25.1 Å². The van der Waals surface area contributed by atoms with Crippen LogP contribution in [0.15, 0.2) is 24.3 Å². The molecule has 0 radical (unpaired) electrons. The highest BCUT2D eigenvalue weighted by Crippen LogP contribution is 2.32. The van der Waals surface area contributed by atoms with Crippen LogP contribution in [0.25, 0.3) is 0 Å². The van der Waals surface area contributed by atoms with Crippen LogP contribution in [-0.2, 0) is 7.05 Å². The third-order valence-electron chi connectivity index (χ3n) is 3.15. The van der Waals surface area contributed by atoms with E-state index in [1.807, 2.05) is 6.92 Å². The van der Waals surface area contributed by atoms with Crippen LogP contribution in [0.2, 0.25) is 0 Å². The van der Waals surface area contributed by atoms with Crippen LogP contribution in [0.3, 0.4) is 0 Å². The van der Waals surface area contributed by atoms with E-state index in [4.69, 9.17) is 9.47 Å². The molecule has 2 heterocycles. The van der Waals surface area contributed by atoms with Crippen LogP contribution in [0.1, 0.15) is 16.2 Å². The highest BCUT2D eigenvalue weighted by molar-refractivity contribution is 6.03. The molecular weight excluding hydrogens is 258 g/mol. The van der Waals surface area contributed by atoms with Crippen molar-refractivity contribution in [3.05, 3.63) is 35.7 Å². The summed E-state index contributed by atoms with van der Waals surface area (Å²) in [6.45, 7) is 2.96. The molecule has 0 saturated carbocycles. The van der Waals surface area contributed by atoms with Gasteiger partial charge in [0, 0.05) is 24.5 Å². The zero-order valence-electron chi connectivity index (χ0n) is 11.3. The Hall–Kier alpha value is -2.50. The summed E-state index contributed by atoms with van der Waals surface area (Å²) in [7, 11) is 1.80. The summed E-state index contributed by atoms with van der Waals surface area (Å²) in [4.78, 5) is 12.1. The minimum absolute atomic E-state index is 0.245. The lowest BCUT2D eigenvalue weighted by Crippen LogP contribution is -2.16. The third kappa shape index (κ3) is 2.32. The second-order valence-corrected chi connectivity index (χ2v) is 4.61. The minimum Gasteiger partial charge on any atom is -0.486 e. The van der Waals surface area contributed by atoms with E-state index in [2.05, 4.69) is 10.4 Å². The van der Waals surface area contributed by atoms with Gasteiger partial charge in [0.05, 0.1) is 0 Å². The number of aromatic nitrogens is 2. The summed E-state index contributed by atoms with van der Waals surface area (Å²) < 4.78 is 12.6. The van der Waals surface area contributed by atoms with E-state index in [-0.39, 0.29) is 5.91 Å². The second-order valence-electron chi connectivity index (χ2n) is 4.61. The summed E-state index contributed by atoms with van der Waals surface area (Å²) in [5.41, 5.74) is 1.97. The van der Waals surface area contributed by atoms with Gasteiger partial charge >= 0.3 is 0 Å². The van der Waals surface area contributed by atoms with E-state index < -0.39 is 0 Å². The molecule has 1 aromatic carbocycles. The lowest BCUT2D eigenvalue weighted by Gasteiger charge is -2.18. The number of fused-ring (bicyclic) bond motifs is 1. The van der Waals surface area contributed by atoms with E-state index in [9.17, 15) is 4.79 Å². The molecule has 0 spiro atoms. The highest BCUT2D eigenvalue weighted by Gasteiger charge is 2.15. The molecule has 3 rings (SSSR count). The lowest BCUT2D eigenvalue weighted by molar-refractivity contribution is 0.102. The lowest BCUT2D eigenvalue weighted by atomic mass is 10.2. The monoisotopic (exact) mass is 273 g/mol. The predicted octanol–water partition coefficient (Wildman–Crippen LogP) is 1.75. The summed E-state index contributed by atoms with van der Waals surface area (Å²) in [5.74, 6) is 1.10. The number of carbonyl (C=O) groups is 1. The second kappa shape index (κ2) is 4.88. The maximum Gasteiger partial charge on any atom is 0.276 e. The maximum atomic E-state index is 12.1. The first-order chi connectivity index (χ1) is 9.63. The van der Waals surface area contributed by atoms with Crippen molar-refractivity contribution in [2.75, 3.05) is 18.5 Å². The number of hydrogen-bond donors (Lipinski definition) is 1. The first-order valence-corrected chi connectivity index (χ1v) is 6.35. The average molecular weight is 273 g/mol. The Morgan fingerprint density at radius 1 is 1.25 bits per heavy atom. The van der Waals surface area contributed by atoms with Gasteiger partial charge < -0.3 is 14.8 Å². The molecule has 2 aromatic rings. The standard InChI is InChI=1S/C14H15N3O3/c1-9-7-11(16-17(9)2)14(18)15-10-3-4-12-13(8-10)20-6-5-19-12/h3-4,7-8H,5-6H2,1-2H3,(H,15,18). The highest BCUT2D eigenvalue weighted by atomic mass is 16.6. The summed E-state index contributed by atoms with van der Waals surface area (Å²) >= 11 is 0. The Balaban J connectivity index is 1.79. The summed E-state index contributed by atoms with van der Waals surface area (Å²) in [6.07, 6.45) is 0. The fourth-order valence-electron chi connectivity index (χ4n) is 1.99. The molecule has 20 heavy (non-hydrogen) atoms. The Bertz CT molecular complexity index is 644. The van der Waals surface area contributed by atoms with E-state index in [0.29, 0.717) is 36.1 Å². The number of carbonyl (C=O) groups excluding carboxylic acids is 1. The fraction of sp³-hybridized carbons (Fsp3) is 0.286. The molecule has 0 aliphatic carbocycles. The van der Waals surface area contributed by atoms with Crippen molar-refractivity contribution in [2.45, 2.75) is 6.92 Å². The van der Waals surface area contributed by atoms with Crippen LogP contribution in [0, 0.1) is 6.92 Å². The molecule has 6 nitrogen and oxygen atoms in total. The van der Waals surface area contributed by atoms with Crippen molar-refractivity contribution in [1.82, 2.24) is 9.78 Å². The summed E-state index contributed by atoms with van der Waals surface area (Å²) in [5, 5.41) is 6.94. The minimum atomic E-state index is -0.245. The number of hydrogen-bond acceptors (Lipinski definition) is 4. The van der Waals surface area contributed by atoms with E-state index in [1.54, 1.807) is 36.0 Å². The van der Waals surface area contributed by atoms with Crippen molar-refractivity contribution in [1.29, 1.82) is 0 Å². The van der Waals surface area contributed by atoms with Crippen molar-refractivity contribution in [3.8, 4) is 11.5 Å². The van der Waals surface area contributed by atoms with Gasteiger partial charge in [-0.15, -0.1) is 0 Å². The molecule has 0 atom stereocenters. The normalized spacial score (nSPS) is 13.1. The van der Waals surface area contributed by atoms with Crippen LogP contribution < -0.4 is 14.8 Å². The Morgan fingerprint density at radius 3 is 2.70 bits per heavy atom. The molecule has 0 fully saturated rings. The van der Waals surface area contributed by atoms with E-state index >= 15 is 0 Å². The van der Waals surface area contributed by atoms with Crippen molar-refractivity contribution >= 4 is 11.6 Å². The SMILES string of the molecule is Cc1cc(C(=O)Nc2ccc3c(c2)OCCO3)nn1C. The number of nitrogens with zero attached hydrogens (tertiary/aromatic N) is 2. The molecule has 0 saturated heterocycles. The molecule has 1 aliphatic heterocycles. The van der Waals surface area contributed by atoms with E-state index in [1.165, 1.54) is 0 Å². The molecule has 104 valence electrons. The number of aryl methyl sites for hydroxylation is 2. The zero-order valence-corrected chi connectivity index (χ0v) is 11.3. The number of amides is 1. The first-order valence-electron chi connectivity index (χ1n) is 6.35. The molecular formula is C14H15N3O3. The van der Waals surface area contributed by atoms with Crippen LogP contribution >= 0.6 is 0 Å². The number of ether oxygens (including phenoxy) is 2. The van der Waals surface area contributed by atoms with Gasteiger partial charge in [0.1, 0.15) is 13.2 Å². The predicted molar refractivity (Wildman–Crippen MR) is 73.3 cm³/mol. The Kier molecular flexibility index (Phi) is 3.06. The van der Waals surface area contributed by atoms with E-state index in [0.717, 1.165) is 5.69 Å². The van der Waals surface area contributed by atoms with Crippen LogP contribution in [0.4, 0.5) is 5.69 Å².